The molecule has 0 bridgehead atoms. The zero-order valence-corrected chi connectivity index (χ0v) is 25.9. The molecule has 0 fully saturated rings. The highest BCUT2D eigenvalue weighted by atomic mass is 16.7. The Morgan fingerprint density at radius 3 is 2.12 bits per heavy atom. The Kier molecular flexibility index (Phi) is 12.2. The standard InChI is InChI=1S/C34H47N3O5/c1-7-41-31(42-8-2)28-20-18-26(19-21-28)24-36(22-11-12-23-37(33(39)40)34(4,5)6)32(38)35-25(3)29-17-13-15-27-14-9-10-16-30(27)29/h9-10,13-21,25,31H,7-8,11-12,22-24H2,1-6H3,(H,35,38)(H,39,40)/t25-/m0/s1. The Hall–Kier alpha value is -3.62. The highest BCUT2D eigenvalue weighted by Gasteiger charge is 2.26. The van der Waals surface area contributed by atoms with Crippen LogP contribution in [0.2, 0.25) is 0 Å². The number of carbonyl (C=O) groups excluding carboxylic acids is 1. The molecular formula is C34H47N3O5. The number of urea groups is 1. The van der Waals surface area contributed by atoms with Crippen molar-refractivity contribution in [3.05, 3.63) is 83.4 Å². The number of ether oxygens (including phenoxy) is 2. The lowest BCUT2D eigenvalue weighted by atomic mass is 10.00. The molecule has 0 saturated carbocycles. The summed E-state index contributed by atoms with van der Waals surface area (Å²) >= 11 is 0. The molecule has 0 radical (unpaired) electrons. The Morgan fingerprint density at radius 2 is 1.50 bits per heavy atom. The van der Waals surface area contributed by atoms with E-state index in [1.165, 1.54) is 4.90 Å². The van der Waals surface area contributed by atoms with Crippen molar-refractivity contribution in [2.24, 2.45) is 0 Å². The summed E-state index contributed by atoms with van der Waals surface area (Å²) in [5.74, 6) is 0. The van der Waals surface area contributed by atoms with E-state index in [2.05, 4.69) is 29.6 Å². The van der Waals surface area contributed by atoms with Crippen LogP contribution in [0.1, 0.15) is 83.4 Å². The molecule has 1 atom stereocenters. The van der Waals surface area contributed by atoms with Gasteiger partial charge in [-0.1, -0.05) is 66.7 Å². The monoisotopic (exact) mass is 577 g/mol. The van der Waals surface area contributed by atoms with Crippen LogP contribution in [0.4, 0.5) is 9.59 Å². The summed E-state index contributed by atoms with van der Waals surface area (Å²) in [4.78, 5) is 28.7. The van der Waals surface area contributed by atoms with Gasteiger partial charge in [-0.15, -0.1) is 0 Å². The van der Waals surface area contributed by atoms with Gasteiger partial charge in [-0.3, -0.25) is 0 Å². The Morgan fingerprint density at radius 1 is 0.881 bits per heavy atom. The molecule has 0 unspecified atom stereocenters. The SMILES string of the molecule is CCOC(OCC)c1ccc(CN(CCCCN(C(=O)O)C(C)(C)C)C(=O)N[C@@H](C)c2cccc3ccccc23)cc1. The lowest BCUT2D eigenvalue weighted by Crippen LogP contribution is -2.45. The third-order valence-corrected chi connectivity index (χ3v) is 7.28. The fourth-order valence-electron chi connectivity index (χ4n) is 5.07. The average Bonchev–Trinajstić information content (AvgIpc) is 2.95. The first-order chi connectivity index (χ1) is 20.0. The smallest absolute Gasteiger partial charge is 0.407 e. The van der Waals surface area contributed by atoms with Gasteiger partial charge in [0.1, 0.15) is 0 Å². The zero-order valence-electron chi connectivity index (χ0n) is 25.9. The summed E-state index contributed by atoms with van der Waals surface area (Å²) in [6.07, 6.45) is -0.0335. The molecule has 0 aliphatic carbocycles. The minimum Gasteiger partial charge on any atom is -0.465 e. The molecule has 0 saturated heterocycles. The first-order valence-corrected chi connectivity index (χ1v) is 14.9. The van der Waals surface area contributed by atoms with Crippen LogP contribution in [0.15, 0.2) is 66.7 Å². The molecule has 0 spiro atoms. The summed E-state index contributed by atoms with van der Waals surface area (Å²) in [7, 11) is 0. The Balaban J connectivity index is 1.75. The minimum absolute atomic E-state index is 0.160. The van der Waals surface area contributed by atoms with Crippen molar-refractivity contribution >= 4 is 22.9 Å². The lowest BCUT2D eigenvalue weighted by Gasteiger charge is -2.33. The van der Waals surface area contributed by atoms with E-state index in [0.717, 1.165) is 27.5 Å². The summed E-state index contributed by atoms with van der Waals surface area (Å²) < 4.78 is 11.5. The molecule has 3 amide bonds. The van der Waals surface area contributed by atoms with Gasteiger partial charge >= 0.3 is 12.1 Å². The second-order valence-electron chi connectivity index (χ2n) is 11.5. The van der Waals surface area contributed by atoms with Gasteiger partial charge in [0.2, 0.25) is 0 Å². The maximum atomic E-state index is 13.7. The largest absolute Gasteiger partial charge is 0.465 e. The van der Waals surface area contributed by atoms with Crippen LogP contribution in [-0.4, -0.2) is 58.9 Å². The highest BCUT2D eigenvalue weighted by Crippen LogP contribution is 2.25. The van der Waals surface area contributed by atoms with Gasteiger partial charge in [-0.2, -0.15) is 0 Å². The average molecular weight is 578 g/mol. The van der Waals surface area contributed by atoms with E-state index in [1.54, 1.807) is 4.90 Å². The van der Waals surface area contributed by atoms with Gasteiger partial charge in [0.15, 0.2) is 6.29 Å². The molecule has 3 aromatic rings. The van der Waals surface area contributed by atoms with Crippen LogP contribution in [0.5, 0.6) is 0 Å². The summed E-state index contributed by atoms with van der Waals surface area (Å²) in [5.41, 5.74) is 2.49. The van der Waals surface area contributed by atoms with E-state index in [4.69, 9.17) is 9.47 Å². The number of nitrogens with zero attached hydrogens (tertiary/aromatic N) is 2. The topological polar surface area (TPSA) is 91.3 Å². The first kappa shape index (κ1) is 32.9. The number of amides is 3. The normalized spacial score (nSPS) is 12.4. The molecule has 0 aliphatic heterocycles. The lowest BCUT2D eigenvalue weighted by molar-refractivity contribution is -0.140. The van der Waals surface area contributed by atoms with E-state index >= 15 is 0 Å². The molecule has 8 heteroatoms. The fourth-order valence-corrected chi connectivity index (χ4v) is 5.07. The number of rotatable bonds is 14. The fraction of sp³-hybridized carbons (Fsp3) is 0.471. The van der Waals surface area contributed by atoms with Crippen LogP contribution in [-0.2, 0) is 16.0 Å². The van der Waals surface area contributed by atoms with Gasteiger partial charge in [0.25, 0.3) is 0 Å². The molecule has 0 heterocycles. The van der Waals surface area contributed by atoms with Crippen molar-refractivity contribution in [2.75, 3.05) is 26.3 Å². The molecule has 0 aromatic heterocycles. The molecule has 2 N–H and O–H groups in total. The van der Waals surface area contributed by atoms with Crippen LogP contribution in [0.3, 0.4) is 0 Å². The summed E-state index contributed by atoms with van der Waals surface area (Å²) in [5, 5.41) is 15.1. The number of fused-ring (bicyclic) bond motifs is 1. The molecule has 228 valence electrons. The highest BCUT2D eigenvalue weighted by molar-refractivity contribution is 5.86. The predicted molar refractivity (Wildman–Crippen MR) is 167 cm³/mol. The van der Waals surface area contributed by atoms with Gasteiger partial charge in [0, 0.05) is 44.0 Å². The van der Waals surface area contributed by atoms with Crippen molar-refractivity contribution in [2.45, 2.75) is 78.8 Å². The quantitative estimate of drug-likeness (QED) is 0.151. The number of hydrogen-bond acceptors (Lipinski definition) is 4. The second-order valence-corrected chi connectivity index (χ2v) is 11.5. The number of carbonyl (C=O) groups is 2. The number of nitrogens with one attached hydrogen (secondary N) is 1. The summed E-state index contributed by atoms with van der Waals surface area (Å²) in [6.45, 7) is 14.0. The van der Waals surface area contributed by atoms with Crippen LogP contribution < -0.4 is 5.32 Å². The van der Waals surface area contributed by atoms with E-state index in [-0.39, 0.29) is 12.1 Å². The van der Waals surface area contributed by atoms with Crippen LogP contribution in [0.25, 0.3) is 10.8 Å². The third-order valence-electron chi connectivity index (χ3n) is 7.28. The maximum absolute atomic E-state index is 13.7. The Bertz CT molecular complexity index is 1280. The van der Waals surface area contributed by atoms with Gasteiger partial charge in [0.05, 0.1) is 6.04 Å². The Labute approximate surface area is 250 Å². The van der Waals surface area contributed by atoms with Crippen LogP contribution >= 0.6 is 0 Å². The van der Waals surface area contributed by atoms with E-state index < -0.39 is 17.9 Å². The number of hydrogen-bond donors (Lipinski definition) is 2. The number of carboxylic acid groups (broad SMARTS) is 1. The molecule has 3 rings (SSSR count). The van der Waals surface area contributed by atoms with E-state index in [0.29, 0.717) is 45.7 Å². The number of unbranched alkanes of at least 4 members (excludes halogenated alkanes) is 1. The van der Waals surface area contributed by atoms with Crippen molar-refractivity contribution in [3.8, 4) is 0 Å². The molecular weight excluding hydrogens is 530 g/mol. The van der Waals surface area contributed by atoms with Crippen molar-refractivity contribution < 1.29 is 24.2 Å². The molecule has 8 nitrogen and oxygen atoms in total. The van der Waals surface area contributed by atoms with Crippen molar-refractivity contribution in [3.63, 3.8) is 0 Å². The zero-order chi connectivity index (χ0) is 30.7. The summed E-state index contributed by atoms with van der Waals surface area (Å²) in [6, 6.07) is 21.9. The van der Waals surface area contributed by atoms with Gasteiger partial charge in [-0.25, -0.2) is 9.59 Å². The minimum atomic E-state index is -0.932. The number of benzene rings is 3. The molecule has 42 heavy (non-hydrogen) atoms. The third kappa shape index (κ3) is 9.19. The van der Waals surface area contributed by atoms with E-state index in [9.17, 15) is 14.7 Å². The van der Waals surface area contributed by atoms with Gasteiger partial charge < -0.3 is 29.7 Å². The molecule has 3 aromatic carbocycles. The van der Waals surface area contributed by atoms with Crippen molar-refractivity contribution in [1.29, 1.82) is 0 Å². The first-order valence-electron chi connectivity index (χ1n) is 14.9. The van der Waals surface area contributed by atoms with Crippen molar-refractivity contribution in [1.82, 2.24) is 15.1 Å². The predicted octanol–water partition coefficient (Wildman–Crippen LogP) is 7.74. The van der Waals surface area contributed by atoms with Gasteiger partial charge in [-0.05, 0) is 76.3 Å². The second kappa shape index (κ2) is 15.6. The molecule has 0 aliphatic rings. The van der Waals surface area contributed by atoms with E-state index in [1.807, 2.05) is 84.0 Å². The van der Waals surface area contributed by atoms with Crippen LogP contribution in [0, 0.1) is 0 Å². The maximum Gasteiger partial charge on any atom is 0.407 e.